The molecule has 0 spiro atoms. The van der Waals surface area contributed by atoms with Gasteiger partial charge in [0.15, 0.2) is 0 Å². The van der Waals surface area contributed by atoms with Gasteiger partial charge in [0.1, 0.15) is 0 Å². The van der Waals surface area contributed by atoms with Gasteiger partial charge in [-0.05, 0) is 19.9 Å². The van der Waals surface area contributed by atoms with Crippen LogP contribution in [0.1, 0.15) is 32.7 Å². The second kappa shape index (κ2) is 6.04. The van der Waals surface area contributed by atoms with E-state index in [0.717, 1.165) is 13.1 Å². The number of unbranched alkanes of at least 4 members (excludes halogenated alkanes) is 1. The molecule has 0 saturated carbocycles. The predicted molar refractivity (Wildman–Crippen MR) is 59.7 cm³/mol. The van der Waals surface area contributed by atoms with Crippen LogP contribution < -0.4 is 5.32 Å². The first-order chi connectivity index (χ1) is 6.74. The van der Waals surface area contributed by atoms with Crippen molar-refractivity contribution in [3.05, 3.63) is 17.4 Å². The Morgan fingerprint density at radius 3 is 3.00 bits per heavy atom. The minimum Gasteiger partial charge on any atom is -0.315 e. The Kier molecular flexibility index (Phi) is 4.98. The van der Waals surface area contributed by atoms with Crippen LogP contribution >= 0.6 is 11.6 Å². The molecule has 0 bridgehead atoms. The number of hydrogen-bond donors (Lipinski definition) is 1. The Balaban J connectivity index is 2.25. The maximum atomic E-state index is 5.78. The third-order valence-corrected chi connectivity index (χ3v) is 2.36. The van der Waals surface area contributed by atoms with E-state index < -0.39 is 0 Å². The molecule has 0 amide bonds. The molecular formula is C10H18ClN3. The molecule has 80 valence electrons. The van der Waals surface area contributed by atoms with Crippen LogP contribution in [0.3, 0.4) is 0 Å². The number of nitrogens with zero attached hydrogens (tertiary/aromatic N) is 2. The number of aromatic nitrogens is 2. The molecule has 3 nitrogen and oxygen atoms in total. The molecule has 0 aliphatic heterocycles. The van der Waals surface area contributed by atoms with Crippen LogP contribution in [0.15, 0.2) is 12.4 Å². The van der Waals surface area contributed by atoms with Crippen LogP contribution in [0.25, 0.3) is 0 Å². The first kappa shape index (κ1) is 11.5. The fourth-order valence-corrected chi connectivity index (χ4v) is 1.41. The first-order valence-corrected chi connectivity index (χ1v) is 5.52. The van der Waals surface area contributed by atoms with Crippen LogP contribution in [0, 0.1) is 0 Å². The van der Waals surface area contributed by atoms with Gasteiger partial charge in [0, 0.05) is 12.7 Å². The fourth-order valence-electron chi connectivity index (χ4n) is 1.26. The van der Waals surface area contributed by atoms with Crippen molar-refractivity contribution in [1.82, 2.24) is 15.1 Å². The molecule has 4 heteroatoms. The minimum absolute atomic E-state index is 0.361. The van der Waals surface area contributed by atoms with Gasteiger partial charge in [-0.2, -0.15) is 5.10 Å². The highest BCUT2D eigenvalue weighted by atomic mass is 35.5. The van der Waals surface area contributed by atoms with E-state index in [4.69, 9.17) is 11.6 Å². The molecule has 14 heavy (non-hydrogen) atoms. The third-order valence-electron chi connectivity index (χ3n) is 2.17. The van der Waals surface area contributed by atoms with Gasteiger partial charge in [-0.15, -0.1) is 0 Å². The van der Waals surface area contributed by atoms with Crippen molar-refractivity contribution in [3.8, 4) is 0 Å². The summed E-state index contributed by atoms with van der Waals surface area (Å²) in [5, 5.41) is 8.25. The van der Waals surface area contributed by atoms with Crippen LogP contribution in [0.4, 0.5) is 0 Å². The molecule has 0 saturated heterocycles. The minimum atomic E-state index is 0.361. The monoisotopic (exact) mass is 215 g/mol. The SMILES string of the molecule is CCCCNCC(C)n1cc(Cl)cn1. The Bertz CT molecular complexity index is 260. The molecule has 0 radical (unpaired) electrons. The zero-order chi connectivity index (χ0) is 10.4. The highest BCUT2D eigenvalue weighted by molar-refractivity contribution is 6.30. The Hall–Kier alpha value is -0.540. The summed E-state index contributed by atoms with van der Waals surface area (Å²) in [5.74, 6) is 0. The largest absolute Gasteiger partial charge is 0.315 e. The maximum absolute atomic E-state index is 5.78. The lowest BCUT2D eigenvalue weighted by atomic mass is 10.3. The van der Waals surface area contributed by atoms with Gasteiger partial charge in [0.05, 0.1) is 17.3 Å². The first-order valence-electron chi connectivity index (χ1n) is 5.14. The van der Waals surface area contributed by atoms with Gasteiger partial charge in [0.25, 0.3) is 0 Å². The van der Waals surface area contributed by atoms with E-state index >= 15 is 0 Å². The van der Waals surface area contributed by atoms with E-state index in [9.17, 15) is 0 Å². The van der Waals surface area contributed by atoms with Gasteiger partial charge in [0.2, 0.25) is 0 Å². The van der Waals surface area contributed by atoms with E-state index in [-0.39, 0.29) is 0 Å². The Morgan fingerprint density at radius 2 is 2.43 bits per heavy atom. The van der Waals surface area contributed by atoms with Crippen molar-refractivity contribution in [2.45, 2.75) is 32.7 Å². The maximum Gasteiger partial charge on any atom is 0.0785 e. The summed E-state index contributed by atoms with van der Waals surface area (Å²) in [6, 6.07) is 0.361. The summed E-state index contributed by atoms with van der Waals surface area (Å²) in [4.78, 5) is 0. The van der Waals surface area contributed by atoms with Crippen molar-refractivity contribution >= 4 is 11.6 Å². The number of rotatable bonds is 6. The van der Waals surface area contributed by atoms with E-state index in [1.54, 1.807) is 6.20 Å². The van der Waals surface area contributed by atoms with Gasteiger partial charge in [-0.3, -0.25) is 4.68 Å². The summed E-state index contributed by atoms with van der Waals surface area (Å²) >= 11 is 5.78. The van der Waals surface area contributed by atoms with Crippen molar-refractivity contribution in [2.75, 3.05) is 13.1 Å². The van der Waals surface area contributed by atoms with Gasteiger partial charge < -0.3 is 5.32 Å². The molecule has 1 aromatic heterocycles. The third kappa shape index (κ3) is 3.68. The van der Waals surface area contributed by atoms with Gasteiger partial charge in [-0.25, -0.2) is 0 Å². The summed E-state index contributed by atoms with van der Waals surface area (Å²) in [7, 11) is 0. The highest BCUT2D eigenvalue weighted by Crippen LogP contribution is 2.09. The fraction of sp³-hybridized carbons (Fsp3) is 0.700. The van der Waals surface area contributed by atoms with E-state index in [1.165, 1.54) is 12.8 Å². The zero-order valence-electron chi connectivity index (χ0n) is 8.83. The molecule has 0 aromatic carbocycles. The van der Waals surface area contributed by atoms with Crippen molar-refractivity contribution in [3.63, 3.8) is 0 Å². The topological polar surface area (TPSA) is 29.9 Å². The molecule has 1 N–H and O–H groups in total. The average Bonchev–Trinajstić information content (AvgIpc) is 2.59. The number of hydrogen-bond acceptors (Lipinski definition) is 2. The lowest BCUT2D eigenvalue weighted by Gasteiger charge is -2.12. The summed E-state index contributed by atoms with van der Waals surface area (Å²) in [6.07, 6.45) is 5.99. The number of halogens is 1. The molecule has 1 atom stereocenters. The van der Waals surface area contributed by atoms with E-state index in [0.29, 0.717) is 11.1 Å². The van der Waals surface area contributed by atoms with Crippen molar-refractivity contribution in [1.29, 1.82) is 0 Å². The standard InChI is InChI=1S/C10H18ClN3/c1-3-4-5-12-6-9(2)14-8-10(11)7-13-14/h7-9,12H,3-6H2,1-2H3. The average molecular weight is 216 g/mol. The zero-order valence-corrected chi connectivity index (χ0v) is 9.59. The predicted octanol–water partition coefficient (Wildman–Crippen LogP) is 2.49. The van der Waals surface area contributed by atoms with Crippen molar-refractivity contribution < 1.29 is 0 Å². The summed E-state index contributed by atoms with van der Waals surface area (Å²) in [5.41, 5.74) is 0. The summed E-state index contributed by atoms with van der Waals surface area (Å²) < 4.78 is 1.89. The van der Waals surface area contributed by atoms with Crippen LogP contribution in [0.2, 0.25) is 5.02 Å². The lowest BCUT2D eigenvalue weighted by molar-refractivity contribution is 0.451. The molecule has 1 rings (SSSR count). The number of nitrogens with one attached hydrogen (secondary N) is 1. The normalized spacial score (nSPS) is 13.1. The second-order valence-electron chi connectivity index (χ2n) is 3.55. The molecule has 0 aliphatic carbocycles. The Morgan fingerprint density at radius 1 is 1.64 bits per heavy atom. The van der Waals surface area contributed by atoms with Gasteiger partial charge in [-0.1, -0.05) is 24.9 Å². The molecular weight excluding hydrogens is 198 g/mol. The lowest BCUT2D eigenvalue weighted by Crippen LogP contribution is -2.24. The van der Waals surface area contributed by atoms with Crippen LogP contribution in [0.5, 0.6) is 0 Å². The Labute approximate surface area is 90.4 Å². The molecule has 0 aliphatic rings. The highest BCUT2D eigenvalue weighted by Gasteiger charge is 2.04. The van der Waals surface area contributed by atoms with E-state index in [1.807, 2.05) is 10.9 Å². The van der Waals surface area contributed by atoms with Gasteiger partial charge >= 0.3 is 0 Å². The van der Waals surface area contributed by atoms with E-state index in [2.05, 4.69) is 24.3 Å². The second-order valence-corrected chi connectivity index (χ2v) is 3.98. The molecule has 0 fully saturated rings. The summed E-state index contributed by atoms with van der Waals surface area (Å²) in [6.45, 7) is 6.34. The van der Waals surface area contributed by atoms with Crippen LogP contribution in [-0.4, -0.2) is 22.9 Å². The molecule has 1 unspecified atom stereocenters. The van der Waals surface area contributed by atoms with Crippen LogP contribution in [-0.2, 0) is 0 Å². The molecule has 1 heterocycles. The molecule has 1 aromatic rings. The quantitative estimate of drug-likeness (QED) is 0.739. The van der Waals surface area contributed by atoms with Crippen molar-refractivity contribution in [2.24, 2.45) is 0 Å². The smallest absolute Gasteiger partial charge is 0.0785 e.